The molecule has 0 bridgehead atoms. The zero-order chi connectivity index (χ0) is 12.3. The second-order valence-corrected chi connectivity index (χ2v) is 5.42. The Kier molecular flexibility index (Phi) is 3.85. The Morgan fingerprint density at radius 1 is 1.47 bits per heavy atom. The van der Waals surface area contributed by atoms with E-state index < -0.39 is 5.60 Å². The predicted molar refractivity (Wildman–Crippen MR) is 69.7 cm³/mol. The number of rotatable bonds is 3. The number of aliphatic hydroxyl groups is 1. The van der Waals surface area contributed by atoms with Gasteiger partial charge in [-0.2, -0.15) is 0 Å². The van der Waals surface area contributed by atoms with Gasteiger partial charge >= 0.3 is 0 Å². The van der Waals surface area contributed by atoms with Crippen molar-refractivity contribution in [1.29, 1.82) is 0 Å². The minimum absolute atomic E-state index is 0.335. The van der Waals surface area contributed by atoms with Crippen molar-refractivity contribution in [1.82, 2.24) is 4.90 Å². The monoisotopic (exact) mass is 232 g/mol. The molecule has 0 spiro atoms. The molecule has 93 valence electrons. The molecule has 0 aromatic heterocycles. The third-order valence-corrected chi connectivity index (χ3v) is 3.83. The van der Waals surface area contributed by atoms with Gasteiger partial charge in [0, 0.05) is 12.5 Å². The normalized spacial score (nSPS) is 29.5. The predicted octanol–water partition coefficient (Wildman–Crippen LogP) is 2.43. The molecule has 1 N–H and O–H groups in total. The van der Waals surface area contributed by atoms with E-state index in [4.69, 9.17) is 0 Å². The topological polar surface area (TPSA) is 23.5 Å². The van der Waals surface area contributed by atoms with Crippen LogP contribution in [0.15, 0.2) is 24.3 Å². The summed E-state index contributed by atoms with van der Waals surface area (Å²) in [5.41, 5.74) is 0.381. The molecule has 2 nitrogen and oxygen atoms in total. The van der Waals surface area contributed by atoms with Crippen LogP contribution in [-0.4, -0.2) is 30.6 Å². The van der Waals surface area contributed by atoms with Crippen LogP contribution in [0.25, 0.3) is 0 Å². The van der Waals surface area contributed by atoms with E-state index in [1.807, 2.05) is 24.3 Å². The highest BCUT2D eigenvalue weighted by molar-refractivity contribution is 5.23. The third-order valence-electron chi connectivity index (χ3n) is 3.83. The minimum atomic E-state index is -0.652. The summed E-state index contributed by atoms with van der Waals surface area (Å²) in [4.78, 5) is 2.17. The molecule has 0 saturated heterocycles. The molecule has 1 aliphatic rings. The maximum atomic E-state index is 11.0. The van der Waals surface area contributed by atoms with Crippen LogP contribution in [0.2, 0.25) is 0 Å². The fourth-order valence-electron chi connectivity index (χ4n) is 2.95. The highest BCUT2D eigenvalue weighted by Gasteiger charge is 2.40. The Labute approximate surface area is 104 Å². The lowest BCUT2D eigenvalue weighted by Gasteiger charge is -2.41. The Balaban J connectivity index is 2.25. The van der Waals surface area contributed by atoms with Gasteiger partial charge < -0.3 is 10.0 Å². The van der Waals surface area contributed by atoms with E-state index in [0.717, 1.165) is 31.4 Å². The Morgan fingerprint density at radius 2 is 2.29 bits per heavy atom. The molecule has 2 unspecified atom stereocenters. The van der Waals surface area contributed by atoms with Gasteiger partial charge in [0.05, 0.1) is 5.60 Å². The van der Waals surface area contributed by atoms with Crippen molar-refractivity contribution >= 4 is 0 Å². The van der Waals surface area contributed by atoms with Crippen LogP contribution in [0.3, 0.4) is 0 Å². The number of hydrogen-bond donors (Lipinski definition) is 1. The maximum absolute atomic E-state index is 11.0. The zero-order valence-electron chi connectivity index (χ0n) is 10.8. The standard InChI is InChI=1S/C15H22NO/c1-16(2)12-14-10-6-7-11-15(14,17)13-8-4-3-5-9-13/h3-4,8-9,14,17H,6-7,10-12H2,1-2H3. The molecule has 1 radical (unpaired) electrons. The summed E-state index contributed by atoms with van der Waals surface area (Å²) >= 11 is 0. The van der Waals surface area contributed by atoms with Gasteiger partial charge in [0.25, 0.3) is 0 Å². The second kappa shape index (κ2) is 5.19. The summed E-state index contributed by atoms with van der Waals surface area (Å²) in [6, 6.07) is 10.9. The van der Waals surface area contributed by atoms with Gasteiger partial charge in [0.2, 0.25) is 0 Å². The van der Waals surface area contributed by atoms with E-state index in [2.05, 4.69) is 25.1 Å². The van der Waals surface area contributed by atoms with Gasteiger partial charge in [-0.15, -0.1) is 0 Å². The second-order valence-electron chi connectivity index (χ2n) is 5.42. The minimum Gasteiger partial charge on any atom is -0.385 e. The highest BCUT2D eigenvalue weighted by atomic mass is 16.3. The Hall–Kier alpha value is -0.860. The summed E-state index contributed by atoms with van der Waals surface area (Å²) in [5.74, 6) is 0.335. The van der Waals surface area contributed by atoms with Gasteiger partial charge in [-0.3, -0.25) is 0 Å². The van der Waals surface area contributed by atoms with E-state index in [1.54, 1.807) is 0 Å². The van der Waals surface area contributed by atoms with Crippen molar-refractivity contribution in [2.45, 2.75) is 31.3 Å². The molecule has 1 aromatic carbocycles. The quantitative estimate of drug-likeness (QED) is 0.865. The first-order chi connectivity index (χ1) is 8.13. The maximum Gasteiger partial charge on any atom is 0.0936 e. The molecule has 0 aliphatic heterocycles. The SMILES string of the molecule is CN(C)CC1CCCCC1(O)c1c[c]ccc1. The first kappa shape index (κ1) is 12.6. The molecule has 0 amide bonds. The van der Waals surface area contributed by atoms with E-state index in [9.17, 15) is 5.11 Å². The van der Waals surface area contributed by atoms with Crippen molar-refractivity contribution in [3.63, 3.8) is 0 Å². The molecule has 1 fully saturated rings. The van der Waals surface area contributed by atoms with Crippen LogP contribution < -0.4 is 0 Å². The number of nitrogens with zero attached hydrogens (tertiary/aromatic N) is 1. The van der Waals surface area contributed by atoms with Crippen LogP contribution in [0.1, 0.15) is 31.2 Å². The molecular formula is C15H22NO. The van der Waals surface area contributed by atoms with Crippen LogP contribution in [0.5, 0.6) is 0 Å². The molecule has 0 heterocycles. The van der Waals surface area contributed by atoms with Crippen molar-refractivity contribution in [2.75, 3.05) is 20.6 Å². The van der Waals surface area contributed by atoms with Gasteiger partial charge in [-0.05, 0) is 44.6 Å². The zero-order valence-corrected chi connectivity index (χ0v) is 10.8. The summed E-state index contributed by atoms with van der Waals surface area (Å²) in [6.07, 6.45) is 4.35. The van der Waals surface area contributed by atoms with Gasteiger partial charge in [-0.1, -0.05) is 31.0 Å². The van der Waals surface area contributed by atoms with Crippen LogP contribution in [0.4, 0.5) is 0 Å². The molecule has 2 atom stereocenters. The van der Waals surface area contributed by atoms with E-state index in [1.165, 1.54) is 6.42 Å². The lowest BCUT2D eigenvalue weighted by molar-refractivity contribution is -0.0618. The molecule has 2 heteroatoms. The fraction of sp³-hybridized carbons (Fsp3) is 0.600. The molecule has 1 aliphatic carbocycles. The van der Waals surface area contributed by atoms with Gasteiger partial charge in [-0.25, -0.2) is 0 Å². The lowest BCUT2D eigenvalue weighted by Crippen LogP contribution is -2.43. The van der Waals surface area contributed by atoms with E-state index in [-0.39, 0.29) is 0 Å². The lowest BCUT2D eigenvalue weighted by atomic mass is 9.71. The molecule has 1 saturated carbocycles. The van der Waals surface area contributed by atoms with Gasteiger partial charge in [0.15, 0.2) is 0 Å². The van der Waals surface area contributed by atoms with Crippen molar-refractivity contribution in [2.24, 2.45) is 5.92 Å². The first-order valence-electron chi connectivity index (χ1n) is 6.46. The number of hydrogen-bond acceptors (Lipinski definition) is 2. The van der Waals surface area contributed by atoms with Crippen LogP contribution in [0, 0.1) is 12.0 Å². The Morgan fingerprint density at radius 3 is 2.94 bits per heavy atom. The van der Waals surface area contributed by atoms with Crippen LogP contribution in [-0.2, 0) is 5.60 Å². The summed E-state index contributed by atoms with van der Waals surface area (Å²) < 4.78 is 0. The molecule has 17 heavy (non-hydrogen) atoms. The summed E-state index contributed by atoms with van der Waals surface area (Å²) in [5, 5.41) is 11.0. The summed E-state index contributed by atoms with van der Waals surface area (Å²) in [6.45, 7) is 0.950. The average Bonchev–Trinajstić information content (AvgIpc) is 2.33. The molecule has 2 rings (SSSR count). The molecular weight excluding hydrogens is 210 g/mol. The van der Waals surface area contributed by atoms with Crippen LogP contribution >= 0.6 is 0 Å². The van der Waals surface area contributed by atoms with Gasteiger partial charge in [0.1, 0.15) is 0 Å². The van der Waals surface area contributed by atoms with E-state index >= 15 is 0 Å². The largest absolute Gasteiger partial charge is 0.385 e. The smallest absolute Gasteiger partial charge is 0.0936 e. The van der Waals surface area contributed by atoms with E-state index in [0.29, 0.717) is 5.92 Å². The summed E-state index contributed by atoms with van der Waals surface area (Å²) in [7, 11) is 4.15. The Bertz CT molecular complexity index is 349. The van der Waals surface area contributed by atoms with Crippen molar-refractivity contribution in [3.05, 3.63) is 35.9 Å². The third kappa shape index (κ3) is 2.70. The first-order valence-corrected chi connectivity index (χ1v) is 6.46. The average molecular weight is 232 g/mol. The highest BCUT2D eigenvalue weighted by Crippen LogP contribution is 2.41. The van der Waals surface area contributed by atoms with Crippen molar-refractivity contribution in [3.8, 4) is 0 Å². The fourth-order valence-corrected chi connectivity index (χ4v) is 2.95. The number of benzene rings is 1. The molecule has 1 aromatic rings. The van der Waals surface area contributed by atoms with Crippen molar-refractivity contribution < 1.29 is 5.11 Å².